The molecule has 1 aromatic heterocycles. The zero-order chi connectivity index (χ0) is 16.6. The van der Waals surface area contributed by atoms with Crippen molar-refractivity contribution in [2.45, 2.75) is 6.23 Å². The molecule has 1 fully saturated rings. The zero-order valence-corrected chi connectivity index (χ0v) is 12.9. The number of carbonyl (C=O) groups is 2. The van der Waals surface area contributed by atoms with E-state index in [2.05, 4.69) is 5.10 Å². The SMILES string of the molecule is O=C1NC(=O)N(/N=C/c2ccc(-c3ccc(Cl)c(Cl)c3)o2)[C@H]1O. The van der Waals surface area contributed by atoms with Crippen molar-refractivity contribution in [3.8, 4) is 11.3 Å². The predicted molar refractivity (Wildman–Crippen MR) is 83.1 cm³/mol. The Balaban J connectivity index is 1.79. The van der Waals surface area contributed by atoms with E-state index in [0.29, 0.717) is 32.1 Å². The second-order valence-corrected chi connectivity index (χ2v) is 5.40. The number of rotatable bonds is 3. The second-order valence-electron chi connectivity index (χ2n) is 4.59. The minimum atomic E-state index is -1.65. The third-order valence-electron chi connectivity index (χ3n) is 3.04. The van der Waals surface area contributed by atoms with Gasteiger partial charge in [0.05, 0.1) is 16.3 Å². The molecule has 0 radical (unpaired) electrons. The van der Waals surface area contributed by atoms with Crippen molar-refractivity contribution < 1.29 is 19.1 Å². The predicted octanol–water partition coefficient (Wildman–Crippen LogP) is 2.46. The highest BCUT2D eigenvalue weighted by Crippen LogP contribution is 2.29. The molecule has 0 spiro atoms. The topological polar surface area (TPSA) is 95.1 Å². The first-order valence-corrected chi connectivity index (χ1v) is 7.12. The fraction of sp³-hybridized carbons (Fsp3) is 0.0714. The van der Waals surface area contributed by atoms with Gasteiger partial charge in [-0.3, -0.25) is 10.1 Å². The molecule has 2 aromatic rings. The first kappa shape index (κ1) is 15.5. The van der Waals surface area contributed by atoms with Gasteiger partial charge in [-0.25, -0.2) is 4.79 Å². The molecule has 23 heavy (non-hydrogen) atoms. The van der Waals surface area contributed by atoms with Crippen molar-refractivity contribution in [2.24, 2.45) is 5.10 Å². The van der Waals surface area contributed by atoms with Gasteiger partial charge in [-0.15, -0.1) is 0 Å². The average Bonchev–Trinajstić information content (AvgIpc) is 3.07. The highest BCUT2D eigenvalue weighted by molar-refractivity contribution is 6.42. The van der Waals surface area contributed by atoms with Crippen LogP contribution in [0, 0.1) is 0 Å². The van der Waals surface area contributed by atoms with Crippen LogP contribution in [0.25, 0.3) is 11.3 Å². The molecule has 3 amide bonds. The lowest BCUT2D eigenvalue weighted by Crippen LogP contribution is -2.30. The average molecular weight is 354 g/mol. The lowest BCUT2D eigenvalue weighted by Gasteiger charge is -2.08. The number of furan rings is 1. The van der Waals surface area contributed by atoms with Crippen LogP contribution in [0.4, 0.5) is 4.79 Å². The van der Waals surface area contributed by atoms with Gasteiger partial charge in [-0.1, -0.05) is 23.2 Å². The molecule has 0 bridgehead atoms. The summed E-state index contributed by atoms with van der Waals surface area (Å²) in [6.45, 7) is 0. The zero-order valence-electron chi connectivity index (χ0n) is 11.4. The number of nitrogens with zero attached hydrogens (tertiary/aromatic N) is 2. The Hall–Kier alpha value is -2.35. The molecule has 3 rings (SSSR count). The van der Waals surface area contributed by atoms with Crippen molar-refractivity contribution in [3.05, 3.63) is 46.1 Å². The van der Waals surface area contributed by atoms with Crippen molar-refractivity contribution in [1.29, 1.82) is 0 Å². The molecule has 1 aliphatic heterocycles. The summed E-state index contributed by atoms with van der Waals surface area (Å²) >= 11 is 11.8. The molecule has 0 aliphatic carbocycles. The Labute approximate surface area is 140 Å². The summed E-state index contributed by atoms with van der Waals surface area (Å²) in [4.78, 5) is 22.5. The number of hydrogen-bond acceptors (Lipinski definition) is 5. The Morgan fingerprint density at radius 1 is 1.22 bits per heavy atom. The van der Waals surface area contributed by atoms with Crippen LogP contribution >= 0.6 is 23.2 Å². The van der Waals surface area contributed by atoms with Gasteiger partial charge in [0.25, 0.3) is 5.91 Å². The molecule has 0 saturated carbocycles. The van der Waals surface area contributed by atoms with E-state index in [-0.39, 0.29) is 0 Å². The van der Waals surface area contributed by atoms with Crippen molar-refractivity contribution in [1.82, 2.24) is 10.3 Å². The smallest absolute Gasteiger partial charge is 0.347 e. The molecule has 118 valence electrons. The van der Waals surface area contributed by atoms with E-state index in [1.165, 1.54) is 6.21 Å². The summed E-state index contributed by atoms with van der Waals surface area (Å²) in [5.41, 5.74) is 0.716. The molecule has 1 atom stereocenters. The van der Waals surface area contributed by atoms with Gasteiger partial charge in [0.15, 0.2) is 0 Å². The minimum Gasteiger partial charge on any atom is -0.455 e. The number of aliphatic hydroxyl groups excluding tert-OH is 1. The molecule has 0 unspecified atom stereocenters. The minimum absolute atomic E-state index is 0.324. The lowest BCUT2D eigenvalue weighted by atomic mass is 10.2. The highest BCUT2D eigenvalue weighted by atomic mass is 35.5. The summed E-state index contributed by atoms with van der Waals surface area (Å²) in [5, 5.41) is 16.6. The molecular formula is C14H9Cl2N3O4. The van der Waals surface area contributed by atoms with E-state index in [9.17, 15) is 14.7 Å². The van der Waals surface area contributed by atoms with Crippen LogP contribution in [0.15, 0.2) is 39.9 Å². The molecule has 2 heterocycles. The van der Waals surface area contributed by atoms with Gasteiger partial charge >= 0.3 is 6.03 Å². The quantitative estimate of drug-likeness (QED) is 0.654. The maximum atomic E-state index is 11.4. The fourth-order valence-electron chi connectivity index (χ4n) is 1.91. The maximum absolute atomic E-state index is 11.4. The number of halogens is 2. The number of aliphatic hydroxyl groups is 1. The van der Waals surface area contributed by atoms with Gasteiger partial charge in [-0.05, 0) is 30.3 Å². The van der Waals surface area contributed by atoms with E-state index in [4.69, 9.17) is 27.6 Å². The normalized spacial score (nSPS) is 18.0. The fourth-order valence-corrected chi connectivity index (χ4v) is 2.21. The summed E-state index contributed by atoms with van der Waals surface area (Å²) < 4.78 is 5.55. The van der Waals surface area contributed by atoms with E-state index >= 15 is 0 Å². The van der Waals surface area contributed by atoms with Gasteiger partial charge in [0, 0.05) is 5.56 Å². The number of amides is 3. The number of imide groups is 1. The number of nitrogens with one attached hydrogen (secondary N) is 1. The Morgan fingerprint density at radius 3 is 2.65 bits per heavy atom. The number of hydrogen-bond donors (Lipinski definition) is 2. The molecule has 1 aromatic carbocycles. The molecule has 2 N–H and O–H groups in total. The Bertz CT molecular complexity index is 818. The highest BCUT2D eigenvalue weighted by Gasteiger charge is 2.37. The maximum Gasteiger partial charge on any atom is 0.347 e. The van der Waals surface area contributed by atoms with Crippen molar-refractivity contribution in [2.75, 3.05) is 0 Å². The molecule has 9 heteroatoms. The molecule has 1 aliphatic rings. The molecule has 7 nitrogen and oxygen atoms in total. The van der Waals surface area contributed by atoms with Gasteiger partial charge in [-0.2, -0.15) is 10.1 Å². The first-order valence-electron chi connectivity index (χ1n) is 6.37. The van der Waals surface area contributed by atoms with Crippen LogP contribution in [0.1, 0.15) is 5.76 Å². The largest absolute Gasteiger partial charge is 0.455 e. The lowest BCUT2D eigenvalue weighted by molar-refractivity contribution is -0.130. The van der Waals surface area contributed by atoms with Crippen molar-refractivity contribution in [3.63, 3.8) is 0 Å². The van der Waals surface area contributed by atoms with E-state index in [1.807, 2.05) is 5.32 Å². The Morgan fingerprint density at radius 2 is 2.00 bits per heavy atom. The van der Waals surface area contributed by atoms with E-state index < -0.39 is 18.2 Å². The van der Waals surface area contributed by atoms with Crippen LogP contribution < -0.4 is 5.32 Å². The summed E-state index contributed by atoms with van der Waals surface area (Å²) in [7, 11) is 0. The van der Waals surface area contributed by atoms with E-state index in [1.54, 1.807) is 30.3 Å². The third kappa shape index (κ3) is 3.07. The number of benzene rings is 1. The van der Waals surface area contributed by atoms with Gasteiger partial charge in [0.2, 0.25) is 6.23 Å². The summed E-state index contributed by atoms with van der Waals surface area (Å²) in [6.07, 6.45) is -0.439. The summed E-state index contributed by atoms with van der Waals surface area (Å²) in [5.74, 6) is 0.0148. The number of carbonyl (C=O) groups excluding carboxylic acids is 2. The van der Waals surface area contributed by atoms with Crippen LogP contribution in [0.3, 0.4) is 0 Å². The van der Waals surface area contributed by atoms with Gasteiger partial charge < -0.3 is 9.52 Å². The standard InChI is InChI=1S/C14H9Cl2N3O4/c15-9-3-1-7(5-10(9)16)11-4-2-8(23-11)6-17-19-13(21)12(20)18-14(19)22/h1-6,13,21H,(H,18,20,22)/b17-6+/t13-/m0/s1. The van der Waals surface area contributed by atoms with Crippen LogP contribution in [-0.4, -0.2) is 34.5 Å². The van der Waals surface area contributed by atoms with Crippen LogP contribution in [0.2, 0.25) is 10.0 Å². The first-order chi connectivity index (χ1) is 11.0. The third-order valence-corrected chi connectivity index (χ3v) is 3.78. The summed E-state index contributed by atoms with van der Waals surface area (Å²) in [6, 6.07) is 7.53. The van der Waals surface area contributed by atoms with E-state index in [0.717, 1.165) is 0 Å². The Kier molecular flexibility index (Phi) is 4.08. The number of urea groups is 1. The number of hydrazone groups is 1. The van der Waals surface area contributed by atoms with Crippen molar-refractivity contribution >= 4 is 41.4 Å². The second kappa shape index (κ2) is 6.04. The van der Waals surface area contributed by atoms with Crippen LogP contribution in [0.5, 0.6) is 0 Å². The van der Waals surface area contributed by atoms with Crippen LogP contribution in [-0.2, 0) is 4.79 Å². The molecular weight excluding hydrogens is 345 g/mol. The molecule has 1 saturated heterocycles. The monoisotopic (exact) mass is 353 g/mol. The van der Waals surface area contributed by atoms with Gasteiger partial charge in [0.1, 0.15) is 11.5 Å².